The van der Waals surface area contributed by atoms with Crippen molar-refractivity contribution >= 4 is 52.1 Å². The summed E-state index contributed by atoms with van der Waals surface area (Å²) in [4.78, 5) is 32.6. The third-order valence-corrected chi connectivity index (χ3v) is 8.14. The molecule has 3 aliphatic rings. The molecule has 6 nitrogen and oxygen atoms in total. The van der Waals surface area contributed by atoms with Gasteiger partial charge >= 0.3 is 0 Å². The standard InChI is InChI=1S/C23H23Cl2N3O3S/c1-23(12-8-13(24)10-14(25)9-12)11-18(28-31-23)19-15-4-2-3-5-16(15)20(32-19)22(30)27-17-6-7-26-21(17)29/h8-10,17H,2-7,11H2,1H3,(H,26,29)(H,27,30)/t17-,23+/m1/s1. The summed E-state index contributed by atoms with van der Waals surface area (Å²) < 4.78 is 0. The van der Waals surface area contributed by atoms with Crippen molar-refractivity contribution in [2.45, 2.75) is 57.1 Å². The average Bonchev–Trinajstić information content (AvgIpc) is 3.45. The van der Waals surface area contributed by atoms with Crippen molar-refractivity contribution in [2.24, 2.45) is 5.16 Å². The molecule has 2 N–H and O–H groups in total. The Balaban J connectivity index is 1.44. The maximum Gasteiger partial charge on any atom is 0.262 e. The van der Waals surface area contributed by atoms with E-state index in [0.717, 1.165) is 47.4 Å². The van der Waals surface area contributed by atoms with E-state index in [1.54, 1.807) is 6.07 Å². The lowest BCUT2D eigenvalue weighted by Crippen LogP contribution is -2.40. The van der Waals surface area contributed by atoms with Crippen LogP contribution in [0.3, 0.4) is 0 Å². The summed E-state index contributed by atoms with van der Waals surface area (Å²) in [6.45, 7) is 2.57. The summed E-state index contributed by atoms with van der Waals surface area (Å²) in [5.41, 5.74) is 3.31. The van der Waals surface area contributed by atoms with Crippen LogP contribution in [0.1, 0.15) is 63.8 Å². The van der Waals surface area contributed by atoms with E-state index in [1.165, 1.54) is 16.9 Å². The first-order valence-corrected chi connectivity index (χ1v) is 12.4. The number of nitrogens with zero attached hydrogens (tertiary/aromatic N) is 1. The van der Waals surface area contributed by atoms with E-state index in [0.29, 0.717) is 34.3 Å². The first-order valence-electron chi connectivity index (χ1n) is 10.8. The number of carbonyl (C=O) groups excluding carboxylic acids is 2. The lowest BCUT2D eigenvalue weighted by molar-refractivity contribution is -0.120. The molecular weight excluding hydrogens is 469 g/mol. The predicted molar refractivity (Wildman–Crippen MR) is 126 cm³/mol. The SMILES string of the molecule is C[C@@]1(c2cc(Cl)cc(Cl)c2)CC(c2sc(C(=O)N[C@@H]3CCNC3=O)c3c2CCCC3)=NO1. The van der Waals surface area contributed by atoms with Crippen molar-refractivity contribution in [1.82, 2.24) is 10.6 Å². The number of benzene rings is 1. The van der Waals surface area contributed by atoms with Crippen molar-refractivity contribution in [1.29, 1.82) is 0 Å². The molecule has 3 heterocycles. The van der Waals surface area contributed by atoms with Crippen molar-refractivity contribution in [3.63, 3.8) is 0 Å². The van der Waals surface area contributed by atoms with Gasteiger partial charge in [0.2, 0.25) is 5.91 Å². The second-order valence-electron chi connectivity index (χ2n) is 8.73. The molecule has 1 aromatic heterocycles. The van der Waals surface area contributed by atoms with Crippen LogP contribution in [0.15, 0.2) is 23.4 Å². The average molecular weight is 492 g/mol. The van der Waals surface area contributed by atoms with E-state index < -0.39 is 11.6 Å². The Kier molecular flexibility index (Phi) is 5.68. The summed E-state index contributed by atoms with van der Waals surface area (Å²) in [6, 6.07) is 4.93. The van der Waals surface area contributed by atoms with Crippen molar-refractivity contribution in [3.8, 4) is 0 Å². The van der Waals surface area contributed by atoms with Gasteiger partial charge in [-0.2, -0.15) is 0 Å². The van der Waals surface area contributed by atoms with Crippen LogP contribution in [-0.4, -0.2) is 30.1 Å². The number of amides is 2. The number of rotatable bonds is 4. The molecule has 0 radical (unpaired) electrons. The van der Waals surface area contributed by atoms with Crippen molar-refractivity contribution < 1.29 is 14.4 Å². The minimum atomic E-state index is -0.681. The minimum absolute atomic E-state index is 0.117. The summed E-state index contributed by atoms with van der Waals surface area (Å²) in [5, 5.41) is 11.2. The topological polar surface area (TPSA) is 79.8 Å². The van der Waals surface area contributed by atoms with E-state index in [2.05, 4.69) is 15.8 Å². The lowest BCUT2D eigenvalue weighted by atomic mass is 9.87. The highest BCUT2D eigenvalue weighted by Crippen LogP contribution is 2.42. The largest absolute Gasteiger partial charge is 0.384 e. The summed E-state index contributed by atoms with van der Waals surface area (Å²) in [5.74, 6) is -0.293. The fourth-order valence-corrected chi connectivity index (χ4v) is 6.49. The van der Waals surface area contributed by atoms with Gasteiger partial charge in [0.1, 0.15) is 11.8 Å². The highest BCUT2D eigenvalue weighted by Gasteiger charge is 2.40. The Bertz CT molecular complexity index is 1130. The molecule has 9 heteroatoms. The maximum atomic E-state index is 13.1. The lowest BCUT2D eigenvalue weighted by Gasteiger charge is -2.22. The van der Waals surface area contributed by atoms with Gasteiger partial charge in [0.15, 0.2) is 5.60 Å². The molecule has 0 saturated carbocycles. The van der Waals surface area contributed by atoms with Gasteiger partial charge in [-0.05, 0) is 68.4 Å². The number of hydrogen-bond acceptors (Lipinski definition) is 5. The summed E-state index contributed by atoms with van der Waals surface area (Å²) in [6.07, 6.45) is 5.08. The first kappa shape index (κ1) is 21.7. The fraction of sp³-hybridized carbons (Fsp3) is 0.435. The Labute approximate surface area is 200 Å². The first-order chi connectivity index (χ1) is 15.3. The molecule has 1 saturated heterocycles. The van der Waals surface area contributed by atoms with Crippen LogP contribution in [0.2, 0.25) is 10.0 Å². The summed E-state index contributed by atoms with van der Waals surface area (Å²) in [7, 11) is 0. The predicted octanol–water partition coefficient (Wildman–Crippen LogP) is 4.59. The van der Waals surface area contributed by atoms with Crippen LogP contribution in [0, 0.1) is 0 Å². The van der Waals surface area contributed by atoms with Crippen LogP contribution >= 0.6 is 34.5 Å². The second kappa shape index (κ2) is 8.36. The molecular formula is C23H23Cl2N3O3S. The third kappa shape index (κ3) is 3.91. The molecule has 168 valence electrons. The summed E-state index contributed by atoms with van der Waals surface area (Å²) >= 11 is 13.9. The molecule has 0 bridgehead atoms. The number of thiophene rings is 1. The number of fused-ring (bicyclic) bond motifs is 1. The van der Waals surface area contributed by atoms with Crippen LogP contribution in [-0.2, 0) is 28.1 Å². The normalized spacial score (nSPS) is 24.5. The van der Waals surface area contributed by atoms with E-state index in [4.69, 9.17) is 28.0 Å². The molecule has 2 atom stereocenters. The van der Waals surface area contributed by atoms with E-state index in [9.17, 15) is 9.59 Å². The molecule has 1 aliphatic carbocycles. The van der Waals surface area contributed by atoms with Gasteiger partial charge in [0, 0.05) is 28.6 Å². The minimum Gasteiger partial charge on any atom is -0.384 e. The van der Waals surface area contributed by atoms with Crippen LogP contribution in [0.4, 0.5) is 0 Å². The molecule has 0 spiro atoms. The zero-order chi connectivity index (χ0) is 22.5. The number of carbonyl (C=O) groups is 2. The quantitative estimate of drug-likeness (QED) is 0.655. The Morgan fingerprint density at radius 2 is 1.94 bits per heavy atom. The van der Waals surface area contributed by atoms with Crippen LogP contribution in [0.5, 0.6) is 0 Å². The van der Waals surface area contributed by atoms with Crippen LogP contribution < -0.4 is 10.6 Å². The number of halogens is 2. The fourth-order valence-electron chi connectivity index (χ4n) is 4.68. The molecule has 2 amide bonds. The molecule has 2 aromatic rings. The Hall–Kier alpha value is -2.09. The smallest absolute Gasteiger partial charge is 0.262 e. The Morgan fingerprint density at radius 3 is 2.62 bits per heavy atom. The number of nitrogens with one attached hydrogen (secondary N) is 2. The monoisotopic (exact) mass is 491 g/mol. The molecule has 1 aromatic carbocycles. The van der Waals surface area contributed by atoms with Gasteiger partial charge in [0.05, 0.1) is 9.75 Å². The van der Waals surface area contributed by atoms with Crippen molar-refractivity contribution in [3.05, 3.63) is 54.7 Å². The van der Waals surface area contributed by atoms with Gasteiger partial charge in [0.25, 0.3) is 5.91 Å². The highest BCUT2D eigenvalue weighted by molar-refractivity contribution is 7.16. The van der Waals surface area contributed by atoms with Gasteiger partial charge in [-0.1, -0.05) is 28.4 Å². The number of oxime groups is 1. The maximum absolute atomic E-state index is 13.1. The third-order valence-electron chi connectivity index (χ3n) is 6.38. The van der Waals surface area contributed by atoms with Crippen molar-refractivity contribution in [2.75, 3.05) is 6.54 Å². The zero-order valence-electron chi connectivity index (χ0n) is 17.6. The van der Waals surface area contributed by atoms with E-state index >= 15 is 0 Å². The van der Waals surface area contributed by atoms with Crippen LogP contribution in [0.25, 0.3) is 0 Å². The van der Waals surface area contributed by atoms with Gasteiger partial charge in [-0.3, -0.25) is 9.59 Å². The van der Waals surface area contributed by atoms with Gasteiger partial charge < -0.3 is 15.5 Å². The Morgan fingerprint density at radius 1 is 1.22 bits per heavy atom. The van der Waals surface area contributed by atoms with E-state index in [-0.39, 0.29) is 11.8 Å². The number of hydrogen-bond donors (Lipinski definition) is 2. The van der Waals surface area contributed by atoms with Gasteiger partial charge in [-0.15, -0.1) is 11.3 Å². The molecule has 32 heavy (non-hydrogen) atoms. The molecule has 2 aliphatic heterocycles. The zero-order valence-corrected chi connectivity index (χ0v) is 19.9. The molecule has 5 rings (SSSR count). The molecule has 0 unspecified atom stereocenters. The van der Waals surface area contributed by atoms with E-state index in [1.807, 2.05) is 19.1 Å². The van der Waals surface area contributed by atoms with Gasteiger partial charge in [-0.25, -0.2) is 0 Å². The highest BCUT2D eigenvalue weighted by atomic mass is 35.5. The molecule has 1 fully saturated rings. The second-order valence-corrected chi connectivity index (χ2v) is 10.6.